The van der Waals surface area contributed by atoms with Crippen molar-refractivity contribution in [2.24, 2.45) is 0 Å². The van der Waals surface area contributed by atoms with Crippen molar-refractivity contribution in [1.82, 2.24) is 0 Å². The molecule has 0 fully saturated rings. The predicted molar refractivity (Wildman–Crippen MR) is 63.5 cm³/mol. The molecule has 0 amide bonds. The van der Waals surface area contributed by atoms with Gasteiger partial charge in [-0.2, -0.15) is 0 Å². The van der Waals surface area contributed by atoms with Gasteiger partial charge in [0.05, 0.1) is 4.83 Å². The zero-order chi connectivity index (χ0) is 11.4. The van der Waals surface area contributed by atoms with Crippen LogP contribution in [-0.4, -0.2) is 17.5 Å². The van der Waals surface area contributed by atoms with Crippen LogP contribution in [0.15, 0.2) is 22.7 Å². The van der Waals surface area contributed by atoms with E-state index in [9.17, 15) is 9.18 Å². The summed E-state index contributed by atoms with van der Waals surface area (Å²) < 4.78 is 17.3. The van der Waals surface area contributed by atoms with Gasteiger partial charge in [-0.3, -0.25) is 4.79 Å². The first-order chi connectivity index (χ1) is 7.06. The van der Waals surface area contributed by atoms with Crippen LogP contribution in [0.1, 0.15) is 17.3 Å². The standard InChI is InChI=1S/C10H9Br2FO2/c1-6(11)10(14)8-4-7(15-5-13)2-3-9(8)12/h2-4,6H,5H2,1H3. The Morgan fingerprint density at radius 3 is 2.80 bits per heavy atom. The molecule has 0 bridgehead atoms. The van der Waals surface area contributed by atoms with E-state index >= 15 is 0 Å². The molecule has 1 atom stereocenters. The minimum atomic E-state index is -0.904. The fraction of sp³-hybridized carbons (Fsp3) is 0.300. The molecule has 5 heteroatoms. The van der Waals surface area contributed by atoms with E-state index in [0.717, 1.165) is 0 Å². The normalized spacial score (nSPS) is 12.3. The van der Waals surface area contributed by atoms with Gasteiger partial charge in [0.1, 0.15) is 5.75 Å². The second-order valence-corrected chi connectivity index (χ2v) is 5.10. The van der Waals surface area contributed by atoms with Crippen LogP contribution in [0.4, 0.5) is 4.39 Å². The minimum absolute atomic E-state index is 0.0776. The van der Waals surface area contributed by atoms with Gasteiger partial charge < -0.3 is 4.74 Å². The molecule has 0 radical (unpaired) electrons. The highest BCUT2D eigenvalue weighted by molar-refractivity contribution is 9.10. The lowest BCUT2D eigenvalue weighted by molar-refractivity contribution is 0.0994. The number of hydrogen-bond acceptors (Lipinski definition) is 2. The SMILES string of the molecule is CC(Br)C(=O)c1cc(OCF)ccc1Br. The summed E-state index contributed by atoms with van der Waals surface area (Å²) in [7, 11) is 0. The maximum absolute atomic E-state index is 11.9. The van der Waals surface area contributed by atoms with Crippen molar-refractivity contribution < 1.29 is 13.9 Å². The molecule has 1 unspecified atom stereocenters. The topological polar surface area (TPSA) is 26.3 Å². The highest BCUT2D eigenvalue weighted by Crippen LogP contribution is 2.25. The molecule has 82 valence electrons. The zero-order valence-electron chi connectivity index (χ0n) is 7.97. The molecule has 0 heterocycles. The molecule has 0 spiro atoms. The maximum Gasteiger partial charge on any atom is 0.228 e. The summed E-state index contributed by atoms with van der Waals surface area (Å²) in [4.78, 5) is 11.4. The van der Waals surface area contributed by atoms with Crippen molar-refractivity contribution in [3.63, 3.8) is 0 Å². The molecule has 15 heavy (non-hydrogen) atoms. The van der Waals surface area contributed by atoms with Crippen molar-refractivity contribution in [3.05, 3.63) is 28.2 Å². The van der Waals surface area contributed by atoms with E-state index in [-0.39, 0.29) is 10.6 Å². The van der Waals surface area contributed by atoms with Gasteiger partial charge >= 0.3 is 0 Å². The third-order valence-corrected chi connectivity index (χ3v) is 2.89. The van der Waals surface area contributed by atoms with E-state index < -0.39 is 6.86 Å². The second kappa shape index (κ2) is 5.61. The first-order valence-electron chi connectivity index (χ1n) is 4.23. The van der Waals surface area contributed by atoms with E-state index in [2.05, 4.69) is 36.6 Å². The largest absolute Gasteiger partial charge is 0.463 e. The summed E-state index contributed by atoms with van der Waals surface area (Å²) >= 11 is 6.45. The molecule has 0 aromatic heterocycles. The number of Topliss-reactive ketones (excluding diaryl/α,β-unsaturated/α-hetero) is 1. The molecular formula is C10H9Br2FO2. The van der Waals surface area contributed by atoms with Gasteiger partial charge in [-0.25, -0.2) is 4.39 Å². The van der Waals surface area contributed by atoms with Crippen LogP contribution >= 0.6 is 31.9 Å². The van der Waals surface area contributed by atoms with Gasteiger partial charge in [-0.05, 0) is 25.1 Å². The zero-order valence-corrected chi connectivity index (χ0v) is 11.1. The number of alkyl halides is 2. The molecular weight excluding hydrogens is 331 g/mol. The van der Waals surface area contributed by atoms with Crippen molar-refractivity contribution in [2.75, 3.05) is 6.86 Å². The number of rotatable bonds is 4. The summed E-state index contributed by atoms with van der Waals surface area (Å²) in [6.45, 7) is 0.830. The molecule has 0 N–H and O–H groups in total. The van der Waals surface area contributed by atoms with Gasteiger partial charge in [0.15, 0.2) is 5.78 Å². The van der Waals surface area contributed by atoms with Crippen LogP contribution in [0.3, 0.4) is 0 Å². The number of carbonyl (C=O) groups excluding carboxylic acids is 1. The van der Waals surface area contributed by atoms with Crippen LogP contribution in [0, 0.1) is 0 Å². The lowest BCUT2D eigenvalue weighted by atomic mass is 10.1. The average Bonchev–Trinajstić information content (AvgIpc) is 2.20. The van der Waals surface area contributed by atoms with Gasteiger partial charge in [0.25, 0.3) is 0 Å². The Kier molecular flexibility index (Phi) is 4.73. The molecule has 0 aliphatic heterocycles. The molecule has 1 rings (SSSR count). The number of benzene rings is 1. The summed E-state index contributed by atoms with van der Waals surface area (Å²) in [5.74, 6) is 0.267. The number of ketones is 1. The summed E-state index contributed by atoms with van der Waals surface area (Å²) in [6, 6.07) is 4.77. The summed E-state index contributed by atoms with van der Waals surface area (Å²) in [6.07, 6.45) is 0. The predicted octanol–water partition coefficient (Wildman–Crippen LogP) is 3.72. The molecule has 0 aliphatic carbocycles. The third kappa shape index (κ3) is 3.28. The lowest BCUT2D eigenvalue weighted by Gasteiger charge is -2.08. The van der Waals surface area contributed by atoms with Gasteiger partial charge in [-0.1, -0.05) is 31.9 Å². The van der Waals surface area contributed by atoms with E-state index in [0.29, 0.717) is 15.8 Å². The summed E-state index contributed by atoms with van der Waals surface area (Å²) in [5.41, 5.74) is 0.477. The van der Waals surface area contributed by atoms with Crippen molar-refractivity contribution >= 4 is 37.6 Å². The highest BCUT2D eigenvalue weighted by atomic mass is 79.9. The maximum atomic E-state index is 11.9. The van der Waals surface area contributed by atoms with Crippen LogP contribution in [0.5, 0.6) is 5.75 Å². The smallest absolute Gasteiger partial charge is 0.228 e. The van der Waals surface area contributed by atoms with Crippen LogP contribution in [-0.2, 0) is 0 Å². The Balaban J connectivity index is 3.05. The Hall–Kier alpha value is -0.420. The van der Waals surface area contributed by atoms with E-state index in [1.165, 1.54) is 6.07 Å². The van der Waals surface area contributed by atoms with Crippen LogP contribution < -0.4 is 4.74 Å². The van der Waals surface area contributed by atoms with E-state index in [1.54, 1.807) is 19.1 Å². The first-order valence-corrected chi connectivity index (χ1v) is 5.93. The Morgan fingerprint density at radius 1 is 1.60 bits per heavy atom. The first kappa shape index (κ1) is 12.6. The van der Waals surface area contributed by atoms with Crippen molar-refractivity contribution in [3.8, 4) is 5.75 Å². The van der Waals surface area contributed by atoms with E-state index in [1.807, 2.05) is 0 Å². The fourth-order valence-electron chi connectivity index (χ4n) is 1.06. The van der Waals surface area contributed by atoms with Gasteiger partial charge in [-0.15, -0.1) is 0 Å². The average molecular weight is 340 g/mol. The number of ether oxygens (including phenoxy) is 1. The summed E-state index contributed by atoms with van der Waals surface area (Å²) in [5, 5.41) is 0. The van der Waals surface area contributed by atoms with Crippen molar-refractivity contribution in [1.29, 1.82) is 0 Å². The molecule has 2 nitrogen and oxygen atoms in total. The van der Waals surface area contributed by atoms with Gasteiger partial charge in [0, 0.05) is 10.0 Å². The Bertz CT molecular complexity index is 366. The Morgan fingerprint density at radius 2 is 2.27 bits per heavy atom. The lowest BCUT2D eigenvalue weighted by Crippen LogP contribution is -2.10. The molecule has 1 aromatic carbocycles. The fourth-order valence-corrected chi connectivity index (χ4v) is 1.75. The van der Waals surface area contributed by atoms with Crippen molar-refractivity contribution in [2.45, 2.75) is 11.8 Å². The van der Waals surface area contributed by atoms with E-state index in [4.69, 9.17) is 0 Å². The quantitative estimate of drug-likeness (QED) is 0.617. The van der Waals surface area contributed by atoms with Crippen LogP contribution in [0.25, 0.3) is 0 Å². The van der Waals surface area contributed by atoms with Gasteiger partial charge in [0.2, 0.25) is 6.86 Å². The highest BCUT2D eigenvalue weighted by Gasteiger charge is 2.15. The van der Waals surface area contributed by atoms with Crippen LogP contribution in [0.2, 0.25) is 0 Å². The monoisotopic (exact) mass is 338 g/mol. The Labute approximate surface area is 104 Å². The minimum Gasteiger partial charge on any atom is -0.463 e. The molecule has 0 aliphatic rings. The molecule has 0 saturated heterocycles. The third-order valence-electron chi connectivity index (χ3n) is 1.79. The second-order valence-electron chi connectivity index (χ2n) is 2.88. The number of carbonyl (C=O) groups is 1. The number of halogens is 3. The molecule has 1 aromatic rings. The molecule has 0 saturated carbocycles. The number of hydrogen-bond donors (Lipinski definition) is 0.